The summed E-state index contributed by atoms with van der Waals surface area (Å²) in [6.07, 6.45) is -0.0345. The molecule has 0 radical (unpaired) electrons. The molecular formula is C10H19NO4. The largest absolute Gasteiger partial charge is 0.480 e. The van der Waals surface area contributed by atoms with Crippen LogP contribution < -0.4 is 0 Å². The van der Waals surface area contributed by atoms with Gasteiger partial charge in [-0.1, -0.05) is 0 Å². The van der Waals surface area contributed by atoms with Crippen molar-refractivity contribution in [3.05, 3.63) is 0 Å². The summed E-state index contributed by atoms with van der Waals surface area (Å²) in [5.41, 5.74) is 0. The standard InChI is InChI=1S/C10H19NO4/c1-7(2)11(5-10(13)14)9(12)6-15-8(3)4/h7-8H,5-6H2,1-4H3,(H,13,14). The zero-order valence-corrected chi connectivity index (χ0v) is 9.69. The molecule has 0 aromatic heterocycles. The van der Waals surface area contributed by atoms with Gasteiger partial charge in [-0.3, -0.25) is 9.59 Å². The van der Waals surface area contributed by atoms with Crippen molar-refractivity contribution in [2.75, 3.05) is 13.2 Å². The van der Waals surface area contributed by atoms with Gasteiger partial charge in [0.2, 0.25) is 5.91 Å². The van der Waals surface area contributed by atoms with Crippen LogP contribution in [0.4, 0.5) is 0 Å². The van der Waals surface area contributed by atoms with E-state index in [0.29, 0.717) is 0 Å². The molecule has 0 fully saturated rings. The van der Waals surface area contributed by atoms with Gasteiger partial charge in [0.25, 0.3) is 0 Å². The Kier molecular flexibility index (Phi) is 5.93. The van der Waals surface area contributed by atoms with E-state index in [1.165, 1.54) is 4.90 Å². The number of amides is 1. The van der Waals surface area contributed by atoms with Gasteiger partial charge in [0.1, 0.15) is 13.2 Å². The first-order valence-electron chi connectivity index (χ1n) is 4.97. The molecule has 0 bridgehead atoms. The van der Waals surface area contributed by atoms with Crippen LogP contribution >= 0.6 is 0 Å². The van der Waals surface area contributed by atoms with E-state index in [-0.39, 0.29) is 31.2 Å². The first-order chi connectivity index (χ1) is 6.84. The summed E-state index contributed by atoms with van der Waals surface area (Å²) < 4.78 is 5.13. The topological polar surface area (TPSA) is 66.8 Å². The zero-order valence-electron chi connectivity index (χ0n) is 9.69. The highest BCUT2D eigenvalue weighted by Gasteiger charge is 2.19. The SMILES string of the molecule is CC(C)OCC(=O)N(CC(=O)O)C(C)C. The first kappa shape index (κ1) is 13.9. The summed E-state index contributed by atoms with van der Waals surface area (Å²) in [5.74, 6) is -1.30. The molecule has 1 amide bonds. The van der Waals surface area contributed by atoms with Crippen LogP contribution in [0.25, 0.3) is 0 Å². The van der Waals surface area contributed by atoms with Crippen molar-refractivity contribution in [2.45, 2.75) is 39.8 Å². The van der Waals surface area contributed by atoms with Gasteiger partial charge in [0, 0.05) is 6.04 Å². The summed E-state index contributed by atoms with van der Waals surface area (Å²) in [7, 11) is 0. The lowest BCUT2D eigenvalue weighted by Gasteiger charge is -2.25. The van der Waals surface area contributed by atoms with Crippen LogP contribution in [-0.2, 0) is 14.3 Å². The molecule has 0 aromatic rings. The second-order valence-corrected chi connectivity index (χ2v) is 3.87. The zero-order chi connectivity index (χ0) is 12.0. The Labute approximate surface area is 90.0 Å². The molecule has 0 heterocycles. The van der Waals surface area contributed by atoms with Gasteiger partial charge in [-0.25, -0.2) is 0 Å². The van der Waals surface area contributed by atoms with Crippen molar-refractivity contribution in [1.82, 2.24) is 4.90 Å². The lowest BCUT2D eigenvalue weighted by atomic mass is 10.3. The van der Waals surface area contributed by atoms with E-state index < -0.39 is 5.97 Å². The number of rotatable bonds is 6. The third kappa shape index (κ3) is 6.06. The minimum absolute atomic E-state index is 0.0345. The van der Waals surface area contributed by atoms with Gasteiger partial charge in [-0.15, -0.1) is 0 Å². The second-order valence-electron chi connectivity index (χ2n) is 3.87. The minimum Gasteiger partial charge on any atom is -0.480 e. The smallest absolute Gasteiger partial charge is 0.323 e. The molecule has 0 spiro atoms. The maximum Gasteiger partial charge on any atom is 0.323 e. The highest BCUT2D eigenvalue weighted by atomic mass is 16.5. The highest BCUT2D eigenvalue weighted by Crippen LogP contribution is 2.00. The highest BCUT2D eigenvalue weighted by molar-refractivity contribution is 5.82. The Balaban J connectivity index is 4.23. The van der Waals surface area contributed by atoms with Gasteiger partial charge in [0.05, 0.1) is 6.10 Å². The van der Waals surface area contributed by atoms with Crippen LogP contribution in [0.5, 0.6) is 0 Å². The molecule has 5 nitrogen and oxygen atoms in total. The summed E-state index contributed by atoms with van der Waals surface area (Å²) >= 11 is 0. The number of carboxylic acid groups (broad SMARTS) is 1. The van der Waals surface area contributed by atoms with Gasteiger partial charge in [-0.2, -0.15) is 0 Å². The molecule has 0 aliphatic carbocycles. The molecule has 0 aliphatic heterocycles. The average molecular weight is 217 g/mol. The van der Waals surface area contributed by atoms with E-state index in [1.54, 1.807) is 13.8 Å². The normalized spacial score (nSPS) is 10.8. The molecule has 1 N–H and O–H groups in total. The number of hydrogen-bond donors (Lipinski definition) is 1. The summed E-state index contributed by atoms with van der Waals surface area (Å²) in [4.78, 5) is 23.4. The van der Waals surface area contributed by atoms with Crippen LogP contribution in [0.1, 0.15) is 27.7 Å². The predicted molar refractivity (Wildman–Crippen MR) is 55.6 cm³/mol. The number of hydrogen-bond acceptors (Lipinski definition) is 3. The molecule has 0 rings (SSSR count). The maximum absolute atomic E-state index is 11.6. The lowest BCUT2D eigenvalue weighted by Crippen LogP contribution is -2.42. The number of aliphatic carboxylic acids is 1. The van der Waals surface area contributed by atoms with E-state index in [4.69, 9.17) is 9.84 Å². The molecule has 0 aliphatic rings. The molecular weight excluding hydrogens is 198 g/mol. The number of carboxylic acids is 1. The summed E-state index contributed by atoms with van der Waals surface area (Å²) in [6, 6.07) is -0.135. The minimum atomic E-state index is -1.01. The van der Waals surface area contributed by atoms with E-state index in [9.17, 15) is 9.59 Å². The predicted octanol–water partition coefficient (Wildman–Crippen LogP) is 0.733. The quantitative estimate of drug-likeness (QED) is 0.712. The molecule has 5 heteroatoms. The van der Waals surface area contributed by atoms with Gasteiger partial charge in [-0.05, 0) is 27.7 Å². The van der Waals surface area contributed by atoms with E-state index >= 15 is 0 Å². The van der Waals surface area contributed by atoms with Crippen LogP contribution in [0, 0.1) is 0 Å². The van der Waals surface area contributed by atoms with Crippen LogP contribution in [0.3, 0.4) is 0 Å². The number of nitrogens with zero attached hydrogens (tertiary/aromatic N) is 1. The number of carbonyl (C=O) groups is 2. The van der Waals surface area contributed by atoms with Crippen molar-refractivity contribution >= 4 is 11.9 Å². The number of ether oxygens (including phenoxy) is 1. The Morgan fingerprint density at radius 3 is 2.13 bits per heavy atom. The van der Waals surface area contributed by atoms with Gasteiger partial charge in [0.15, 0.2) is 0 Å². The monoisotopic (exact) mass is 217 g/mol. The summed E-state index contributed by atoms with van der Waals surface area (Å²) in [5, 5.41) is 8.62. The van der Waals surface area contributed by atoms with Crippen LogP contribution in [0.2, 0.25) is 0 Å². The number of carbonyl (C=O) groups excluding carboxylic acids is 1. The summed E-state index contributed by atoms with van der Waals surface area (Å²) in [6.45, 7) is 6.85. The fraction of sp³-hybridized carbons (Fsp3) is 0.800. The van der Waals surface area contributed by atoms with Gasteiger partial charge < -0.3 is 14.7 Å². The Bertz CT molecular complexity index is 225. The van der Waals surface area contributed by atoms with Crippen molar-refractivity contribution in [3.63, 3.8) is 0 Å². The first-order valence-corrected chi connectivity index (χ1v) is 4.97. The van der Waals surface area contributed by atoms with E-state index in [1.807, 2.05) is 13.8 Å². The molecule has 0 atom stereocenters. The second kappa shape index (κ2) is 6.40. The molecule has 15 heavy (non-hydrogen) atoms. The Morgan fingerprint density at radius 1 is 1.27 bits per heavy atom. The Hall–Kier alpha value is -1.10. The van der Waals surface area contributed by atoms with Gasteiger partial charge >= 0.3 is 5.97 Å². The fourth-order valence-electron chi connectivity index (χ4n) is 1.03. The van der Waals surface area contributed by atoms with Crippen molar-refractivity contribution in [3.8, 4) is 0 Å². The van der Waals surface area contributed by atoms with Crippen LogP contribution in [0.15, 0.2) is 0 Å². The lowest BCUT2D eigenvalue weighted by molar-refractivity contribution is -0.148. The van der Waals surface area contributed by atoms with Crippen molar-refractivity contribution in [2.24, 2.45) is 0 Å². The van der Waals surface area contributed by atoms with E-state index in [2.05, 4.69) is 0 Å². The molecule has 0 aromatic carbocycles. The molecule has 88 valence electrons. The van der Waals surface area contributed by atoms with Crippen LogP contribution in [-0.4, -0.2) is 47.2 Å². The van der Waals surface area contributed by atoms with E-state index in [0.717, 1.165) is 0 Å². The molecule has 0 saturated carbocycles. The molecule has 0 saturated heterocycles. The molecule has 0 unspecified atom stereocenters. The maximum atomic E-state index is 11.6. The fourth-order valence-corrected chi connectivity index (χ4v) is 1.03. The third-order valence-electron chi connectivity index (χ3n) is 1.79. The third-order valence-corrected chi connectivity index (χ3v) is 1.79. The Morgan fingerprint density at radius 2 is 1.80 bits per heavy atom. The van der Waals surface area contributed by atoms with Crippen molar-refractivity contribution in [1.29, 1.82) is 0 Å². The van der Waals surface area contributed by atoms with Crippen molar-refractivity contribution < 1.29 is 19.4 Å². The average Bonchev–Trinajstić information content (AvgIpc) is 2.09.